The van der Waals surface area contributed by atoms with Crippen molar-refractivity contribution in [2.45, 2.75) is 18.9 Å². The predicted molar refractivity (Wildman–Crippen MR) is 113 cm³/mol. The Morgan fingerprint density at radius 2 is 2.18 bits per heavy atom. The summed E-state index contributed by atoms with van der Waals surface area (Å²) in [4.78, 5) is 28.9. The number of primary amides is 1. The van der Waals surface area contributed by atoms with E-state index in [1.807, 2.05) is 0 Å². The minimum atomic E-state index is -0.734. The maximum absolute atomic E-state index is 12.6. The Balaban J connectivity index is 0.00000280. The summed E-state index contributed by atoms with van der Waals surface area (Å²) < 4.78 is 0. The largest absolute Gasteiger partial charge is 0.351 e. The molecule has 2 aromatic heterocycles. The van der Waals surface area contributed by atoms with Gasteiger partial charge in [-0.3, -0.25) is 4.79 Å². The Labute approximate surface area is 177 Å². The highest BCUT2D eigenvalue weighted by Crippen LogP contribution is 2.27. The zero-order chi connectivity index (χ0) is 19.2. The van der Waals surface area contributed by atoms with Crippen LogP contribution in [0.3, 0.4) is 0 Å². The lowest BCUT2D eigenvalue weighted by Crippen LogP contribution is -2.45. The first-order valence-electron chi connectivity index (χ1n) is 8.36. The van der Waals surface area contributed by atoms with Crippen molar-refractivity contribution in [2.75, 3.05) is 18.4 Å². The fourth-order valence-electron chi connectivity index (χ4n) is 2.66. The molecule has 0 radical (unpaired) electrons. The molecule has 28 heavy (non-hydrogen) atoms. The van der Waals surface area contributed by atoms with Crippen molar-refractivity contribution in [1.29, 1.82) is 0 Å². The van der Waals surface area contributed by atoms with E-state index >= 15 is 0 Å². The first-order valence-corrected chi connectivity index (χ1v) is 9.56. The number of anilines is 1. The highest BCUT2D eigenvalue weighted by Gasteiger charge is 2.21. The summed E-state index contributed by atoms with van der Waals surface area (Å²) in [5.41, 5.74) is 6.27. The molecule has 5 N–H and O–H groups in total. The molecule has 3 rings (SSSR count). The highest BCUT2D eigenvalue weighted by atomic mass is 35.5. The molecule has 1 saturated heterocycles. The Morgan fingerprint density at radius 1 is 1.36 bits per heavy atom. The van der Waals surface area contributed by atoms with Crippen LogP contribution in [0.4, 0.5) is 10.5 Å². The van der Waals surface area contributed by atoms with E-state index in [1.54, 1.807) is 24.4 Å². The third-order valence-electron chi connectivity index (χ3n) is 3.89. The van der Waals surface area contributed by atoms with Gasteiger partial charge in [-0.1, -0.05) is 23.4 Å². The van der Waals surface area contributed by atoms with Crippen LogP contribution in [-0.2, 0) is 0 Å². The zero-order valence-corrected chi connectivity index (χ0v) is 17.1. The summed E-state index contributed by atoms with van der Waals surface area (Å²) in [7, 11) is 0. The maximum atomic E-state index is 12.6. The van der Waals surface area contributed by atoms with E-state index in [9.17, 15) is 9.59 Å². The number of carbonyl (C=O) groups excluding carboxylic acids is 2. The number of piperidine rings is 1. The minimum Gasteiger partial charge on any atom is -0.351 e. The molecule has 0 spiro atoms. The molecule has 0 saturated carbocycles. The standard InChI is InChI=1S/C18H18ClN5O2S.ClH/c19-15-6-4-11(9-22-15)3-5-13-8-14(24-18(20)26)16(27-13)17(25)23-12-2-1-7-21-10-12;/h4,6,8-9,12,21H,1-2,7,10H2,(H,23,25)(H3,20,24,26);1H. The van der Waals surface area contributed by atoms with Gasteiger partial charge in [-0.05, 0) is 37.6 Å². The Morgan fingerprint density at radius 3 is 2.82 bits per heavy atom. The van der Waals surface area contributed by atoms with Crippen molar-refractivity contribution in [3.05, 3.63) is 44.9 Å². The fraction of sp³-hybridized carbons (Fsp3) is 0.278. The van der Waals surface area contributed by atoms with Gasteiger partial charge in [0.2, 0.25) is 0 Å². The van der Waals surface area contributed by atoms with Gasteiger partial charge in [0, 0.05) is 24.3 Å². The second-order valence-electron chi connectivity index (χ2n) is 5.98. The van der Waals surface area contributed by atoms with Gasteiger partial charge >= 0.3 is 6.03 Å². The third-order valence-corrected chi connectivity index (χ3v) is 5.16. The molecule has 3 amide bonds. The molecule has 7 nitrogen and oxygen atoms in total. The third kappa shape index (κ3) is 6.11. The van der Waals surface area contributed by atoms with Crippen LogP contribution < -0.4 is 21.7 Å². The summed E-state index contributed by atoms with van der Waals surface area (Å²) in [5.74, 6) is 5.68. The number of aromatic nitrogens is 1. The molecule has 2 aromatic rings. The molecule has 10 heteroatoms. The molecular formula is C18H19Cl2N5O2S. The lowest BCUT2D eigenvalue weighted by atomic mass is 10.1. The number of hydrogen-bond acceptors (Lipinski definition) is 5. The van der Waals surface area contributed by atoms with Gasteiger partial charge in [0.25, 0.3) is 5.91 Å². The van der Waals surface area contributed by atoms with E-state index < -0.39 is 6.03 Å². The molecule has 0 aromatic carbocycles. The maximum Gasteiger partial charge on any atom is 0.316 e. The normalized spacial score (nSPS) is 15.5. The Hall–Kier alpha value is -2.31. The van der Waals surface area contributed by atoms with Crippen molar-refractivity contribution >= 4 is 53.0 Å². The van der Waals surface area contributed by atoms with Crippen LogP contribution >= 0.6 is 35.3 Å². The van der Waals surface area contributed by atoms with Crippen LogP contribution in [-0.4, -0.2) is 36.1 Å². The lowest BCUT2D eigenvalue weighted by molar-refractivity contribution is 0.0935. The van der Waals surface area contributed by atoms with Crippen LogP contribution in [0.25, 0.3) is 0 Å². The number of hydrogen-bond donors (Lipinski definition) is 4. The number of nitrogens with zero attached hydrogens (tertiary/aromatic N) is 1. The van der Waals surface area contributed by atoms with Gasteiger partial charge in [-0.25, -0.2) is 9.78 Å². The Kier molecular flexibility index (Phi) is 8.08. The number of pyridine rings is 1. The smallest absolute Gasteiger partial charge is 0.316 e. The number of nitrogens with one attached hydrogen (secondary N) is 3. The molecule has 3 heterocycles. The van der Waals surface area contributed by atoms with E-state index in [0.717, 1.165) is 25.9 Å². The second kappa shape index (κ2) is 10.3. The van der Waals surface area contributed by atoms with Crippen molar-refractivity contribution in [2.24, 2.45) is 5.73 Å². The van der Waals surface area contributed by atoms with E-state index in [0.29, 0.717) is 26.2 Å². The SMILES string of the molecule is Cl.NC(=O)Nc1cc(C#Cc2ccc(Cl)nc2)sc1C(=O)NC1CCCNC1. The van der Waals surface area contributed by atoms with E-state index in [1.165, 1.54) is 11.3 Å². The second-order valence-corrected chi connectivity index (χ2v) is 7.42. The van der Waals surface area contributed by atoms with E-state index in [4.69, 9.17) is 17.3 Å². The molecule has 1 unspecified atom stereocenters. The van der Waals surface area contributed by atoms with Crippen LogP contribution in [0.5, 0.6) is 0 Å². The Bertz CT molecular complexity index is 899. The molecule has 1 fully saturated rings. The van der Waals surface area contributed by atoms with Gasteiger partial charge in [-0.2, -0.15) is 0 Å². The first-order chi connectivity index (χ1) is 13.0. The summed E-state index contributed by atoms with van der Waals surface area (Å²) in [6.07, 6.45) is 3.49. The van der Waals surface area contributed by atoms with E-state index in [-0.39, 0.29) is 24.4 Å². The van der Waals surface area contributed by atoms with Crippen molar-refractivity contribution in [3.8, 4) is 11.8 Å². The summed E-state index contributed by atoms with van der Waals surface area (Å²) in [6.45, 7) is 1.69. The van der Waals surface area contributed by atoms with Gasteiger partial charge in [-0.15, -0.1) is 23.7 Å². The number of carbonyl (C=O) groups is 2. The summed E-state index contributed by atoms with van der Waals surface area (Å²) in [5, 5.41) is 9.12. The minimum absolute atomic E-state index is 0. The van der Waals surface area contributed by atoms with Gasteiger partial charge < -0.3 is 21.7 Å². The molecular weight excluding hydrogens is 421 g/mol. The molecule has 1 aliphatic rings. The van der Waals surface area contributed by atoms with Crippen LogP contribution in [0.1, 0.15) is 33.0 Å². The number of halogens is 2. The number of rotatable bonds is 3. The molecule has 148 valence electrons. The van der Waals surface area contributed by atoms with E-state index in [2.05, 4.69) is 32.8 Å². The monoisotopic (exact) mass is 439 g/mol. The van der Waals surface area contributed by atoms with Crippen LogP contribution in [0.15, 0.2) is 24.4 Å². The van der Waals surface area contributed by atoms with Crippen LogP contribution in [0, 0.1) is 11.8 Å². The van der Waals surface area contributed by atoms with Crippen molar-refractivity contribution in [3.63, 3.8) is 0 Å². The first kappa shape index (κ1) is 22.0. The number of urea groups is 1. The fourth-order valence-corrected chi connectivity index (χ4v) is 3.64. The number of nitrogens with two attached hydrogens (primary N) is 1. The average molecular weight is 440 g/mol. The molecule has 1 atom stereocenters. The van der Waals surface area contributed by atoms with Crippen molar-refractivity contribution in [1.82, 2.24) is 15.6 Å². The molecule has 0 bridgehead atoms. The summed E-state index contributed by atoms with van der Waals surface area (Å²) in [6, 6.07) is 4.37. The average Bonchev–Trinajstić information content (AvgIpc) is 3.04. The molecule has 0 aliphatic carbocycles. The van der Waals surface area contributed by atoms with Gasteiger partial charge in [0.15, 0.2) is 0 Å². The highest BCUT2D eigenvalue weighted by molar-refractivity contribution is 7.15. The topological polar surface area (TPSA) is 109 Å². The van der Waals surface area contributed by atoms with Gasteiger partial charge in [0.1, 0.15) is 10.0 Å². The lowest BCUT2D eigenvalue weighted by Gasteiger charge is -2.23. The quantitative estimate of drug-likeness (QED) is 0.435. The van der Waals surface area contributed by atoms with Crippen LogP contribution in [0.2, 0.25) is 5.15 Å². The number of amides is 3. The zero-order valence-electron chi connectivity index (χ0n) is 14.8. The summed E-state index contributed by atoms with van der Waals surface area (Å²) >= 11 is 6.96. The van der Waals surface area contributed by atoms with Gasteiger partial charge in [0.05, 0.1) is 10.6 Å². The molecule has 1 aliphatic heterocycles. The van der Waals surface area contributed by atoms with Crippen molar-refractivity contribution < 1.29 is 9.59 Å². The predicted octanol–water partition coefficient (Wildman–Crippen LogP) is 2.59. The number of thiophene rings is 1.